The molecule has 5 nitrogen and oxygen atoms in total. The first-order valence-corrected chi connectivity index (χ1v) is 9.61. The molecule has 3 atom stereocenters. The molecule has 2 heterocycles. The van der Waals surface area contributed by atoms with Crippen LogP contribution in [0.15, 0.2) is 29.3 Å². The zero-order valence-corrected chi connectivity index (χ0v) is 15.0. The molecule has 134 valence electrons. The monoisotopic (exact) mass is 340 g/mol. The SMILES string of the molecule is CN=C(NCCC1C(=O)Nc2ccccc21)N1CC2CCCCC2C1. The molecular weight excluding hydrogens is 312 g/mol. The molecule has 3 unspecified atom stereocenters. The average Bonchev–Trinajstić information content (AvgIpc) is 3.19. The van der Waals surface area contributed by atoms with Gasteiger partial charge in [-0.1, -0.05) is 31.0 Å². The van der Waals surface area contributed by atoms with Crippen molar-refractivity contribution in [2.45, 2.75) is 38.0 Å². The normalized spacial score (nSPS) is 28.5. The van der Waals surface area contributed by atoms with Crippen LogP contribution in [0.4, 0.5) is 5.69 Å². The van der Waals surface area contributed by atoms with E-state index in [4.69, 9.17) is 0 Å². The lowest BCUT2D eigenvalue weighted by molar-refractivity contribution is -0.117. The van der Waals surface area contributed by atoms with E-state index in [1.165, 1.54) is 25.7 Å². The summed E-state index contributed by atoms with van der Waals surface area (Å²) in [5.41, 5.74) is 2.09. The molecule has 1 aliphatic carbocycles. The third-order valence-corrected chi connectivity index (χ3v) is 6.11. The Kier molecular flexibility index (Phi) is 4.64. The van der Waals surface area contributed by atoms with Crippen molar-refractivity contribution in [2.75, 3.05) is 32.0 Å². The summed E-state index contributed by atoms with van der Waals surface area (Å²) in [6.07, 6.45) is 6.31. The predicted octanol–water partition coefficient (Wildman–Crippen LogP) is 2.81. The molecule has 0 aromatic heterocycles. The number of nitrogens with zero attached hydrogens (tertiary/aromatic N) is 2. The minimum atomic E-state index is -0.0528. The van der Waals surface area contributed by atoms with Crippen molar-refractivity contribution in [3.8, 4) is 0 Å². The smallest absolute Gasteiger partial charge is 0.232 e. The molecule has 3 aliphatic rings. The fraction of sp³-hybridized carbons (Fsp3) is 0.600. The van der Waals surface area contributed by atoms with Gasteiger partial charge in [0.2, 0.25) is 5.91 Å². The first-order valence-electron chi connectivity index (χ1n) is 9.61. The Hall–Kier alpha value is -2.04. The number of amides is 1. The summed E-state index contributed by atoms with van der Waals surface area (Å²) in [6.45, 7) is 3.04. The lowest BCUT2D eigenvalue weighted by atomic mass is 9.82. The van der Waals surface area contributed by atoms with Gasteiger partial charge in [0.25, 0.3) is 0 Å². The van der Waals surface area contributed by atoms with E-state index in [0.717, 1.165) is 55.1 Å². The Morgan fingerprint density at radius 1 is 1.24 bits per heavy atom. The summed E-state index contributed by atoms with van der Waals surface area (Å²) in [6, 6.07) is 8.00. The van der Waals surface area contributed by atoms with E-state index in [1.54, 1.807) is 0 Å². The van der Waals surface area contributed by atoms with Crippen LogP contribution in [0.5, 0.6) is 0 Å². The second-order valence-corrected chi connectivity index (χ2v) is 7.60. The van der Waals surface area contributed by atoms with Crippen molar-refractivity contribution in [3.05, 3.63) is 29.8 Å². The number of rotatable bonds is 3. The van der Waals surface area contributed by atoms with E-state index in [-0.39, 0.29) is 11.8 Å². The molecule has 0 spiro atoms. The number of guanidine groups is 1. The van der Waals surface area contributed by atoms with Crippen molar-refractivity contribution in [1.82, 2.24) is 10.2 Å². The molecule has 1 amide bonds. The summed E-state index contributed by atoms with van der Waals surface area (Å²) in [4.78, 5) is 19.1. The zero-order chi connectivity index (χ0) is 17.2. The van der Waals surface area contributed by atoms with E-state index in [1.807, 2.05) is 25.2 Å². The van der Waals surface area contributed by atoms with Gasteiger partial charge in [0, 0.05) is 32.4 Å². The van der Waals surface area contributed by atoms with Gasteiger partial charge in [0.1, 0.15) is 0 Å². The number of hydrogen-bond donors (Lipinski definition) is 2. The van der Waals surface area contributed by atoms with Crippen LogP contribution in [0.3, 0.4) is 0 Å². The highest BCUT2D eigenvalue weighted by Crippen LogP contribution is 2.36. The molecule has 1 aromatic rings. The number of aliphatic imine (C=N–C) groups is 1. The molecule has 2 N–H and O–H groups in total. The maximum atomic E-state index is 12.2. The number of hydrogen-bond acceptors (Lipinski definition) is 2. The fourth-order valence-corrected chi connectivity index (χ4v) is 4.80. The van der Waals surface area contributed by atoms with E-state index in [9.17, 15) is 4.79 Å². The van der Waals surface area contributed by atoms with Crippen LogP contribution in [0.25, 0.3) is 0 Å². The number of likely N-dealkylation sites (tertiary alicyclic amines) is 1. The fourth-order valence-electron chi connectivity index (χ4n) is 4.80. The van der Waals surface area contributed by atoms with Crippen molar-refractivity contribution in [1.29, 1.82) is 0 Å². The van der Waals surface area contributed by atoms with Crippen LogP contribution >= 0.6 is 0 Å². The van der Waals surface area contributed by atoms with Crippen LogP contribution in [0, 0.1) is 11.8 Å². The number of carbonyl (C=O) groups is 1. The van der Waals surface area contributed by atoms with Crippen molar-refractivity contribution in [3.63, 3.8) is 0 Å². The Bertz CT molecular complexity index is 657. The zero-order valence-electron chi connectivity index (χ0n) is 15.0. The molecular formula is C20H28N4O. The Morgan fingerprint density at radius 3 is 2.68 bits per heavy atom. The summed E-state index contributed by atoms with van der Waals surface area (Å²) in [7, 11) is 1.86. The van der Waals surface area contributed by atoms with Crippen molar-refractivity contribution < 1.29 is 4.79 Å². The van der Waals surface area contributed by atoms with Crippen molar-refractivity contribution >= 4 is 17.6 Å². The third-order valence-electron chi connectivity index (χ3n) is 6.11. The first kappa shape index (κ1) is 16.4. The molecule has 2 aliphatic heterocycles. The van der Waals surface area contributed by atoms with Gasteiger partial charge in [-0.2, -0.15) is 0 Å². The summed E-state index contributed by atoms with van der Waals surface area (Å²) in [5.74, 6) is 2.76. The van der Waals surface area contributed by atoms with Crippen LogP contribution in [0.2, 0.25) is 0 Å². The highest BCUT2D eigenvalue weighted by molar-refractivity contribution is 6.02. The van der Waals surface area contributed by atoms with Crippen LogP contribution in [-0.2, 0) is 4.79 Å². The number of benzene rings is 1. The standard InChI is InChI=1S/C20H28N4O/c1-21-20(24-12-14-6-2-3-7-15(14)13-24)22-11-10-17-16-8-4-5-9-18(16)23-19(17)25/h4-5,8-9,14-15,17H,2-3,6-7,10-13H2,1H3,(H,21,22)(H,23,25). The predicted molar refractivity (Wildman–Crippen MR) is 101 cm³/mol. The average molecular weight is 340 g/mol. The third kappa shape index (κ3) is 3.24. The number of carbonyl (C=O) groups excluding carboxylic acids is 1. The maximum absolute atomic E-state index is 12.2. The number of nitrogens with one attached hydrogen (secondary N) is 2. The number of para-hydroxylation sites is 1. The first-order chi connectivity index (χ1) is 12.3. The van der Waals surface area contributed by atoms with Gasteiger partial charge in [-0.3, -0.25) is 9.79 Å². The largest absolute Gasteiger partial charge is 0.356 e. The number of anilines is 1. The molecule has 1 saturated carbocycles. The highest BCUT2D eigenvalue weighted by Gasteiger charge is 2.35. The van der Waals surface area contributed by atoms with Gasteiger partial charge >= 0.3 is 0 Å². The van der Waals surface area contributed by atoms with Crippen LogP contribution in [-0.4, -0.2) is 43.4 Å². The number of fused-ring (bicyclic) bond motifs is 2. The molecule has 1 aromatic carbocycles. The summed E-state index contributed by atoms with van der Waals surface area (Å²) < 4.78 is 0. The minimum absolute atomic E-state index is 0.0528. The van der Waals surface area contributed by atoms with Gasteiger partial charge in [-0.15, -0.1) is 0 Å². The maximum Gasteiger partial charge on any atom is 0.232 e. The molecule has 0 bridgehead atoms. The van der Waals surface area contributed by atoms with Crippen molar-refractivity contribution in [2.24, 2.45) is 16.8 Å². The Morgan fingerprint density at radius 2 is 1.96 bits per heavy atom. The second kappa shape index (κ2) is 7.06. The lowest BCUT2D eigenvalue weighted by Gasteiger charge is -2.22. The quantitative estimate of drug-likeness (QED) is 0.657. The van der Waals surface area contributed by atoms with Gasteiger partial charge < -0.3 is 15.5 Å². The molecule has 4 rings (SSSR count). The minimum Gasteiger partial charge on any atom is -0.356 e. The second-order valence-electron chi connectivity index (χ2n) is 7.60. The van der Waals surface area contributed by atoms with Crippen LogP contribution in [0.1, 0.15) is 43.6 Å². The van der Waals surface area contributed by atoms with E-state index in [2.05, 4.69) is 26.6 Å². The van der Waals surface area contributed by atoms with Gasteiger partial charge in [-0.05, 0) is 42.7 Å². The van der Waals surface area contributed by atoms with E-state index in [0.29, 0.717) is 0 Å². The topological polar surface area (TPSA) is 56.7 Å². The molecule has 0 radical (unpaired) electrons. The molecule has 1 saturated heterocycles. The van der Waals surface area contributed by atoms with Crippen LogP contribution < -0.4 is 10.6 Å². The Labute approximate surface area is 149 Å². The lowest BCUT2D eigenvalue weighted by Crippen LogP contribution is -2.41. The molecule has 2 fully saturated rings. The van der Waals surface area contributed by atoms with Gasteiger partial charge in [0.05, 0.1) is 5.92 Å². The summed E-state index contributed by atoms with van der Waals surface area (Å²) >= 11 is 0. The van der Waals surface area contributed by atoms with Gasteiger partial charge in [-0.25, -0.2) is 0 Å². The molecule has 25 heavy (non-hydrogen) atoms. The van der Waals surface area contributed by atoms with Gasteiger partial charge in [0.15, 0.2) is 5.96 Å². The van der Waals surface area contributed by atoms with E-state index >= 15 is 0 Å². The molecule has 5 heteroatoms. The highest BCUT2D eigenvalue weighted by atomic mass is 16.2. The Balaban J connectivity index is 1.33. The summed E-state index contributed by atoms with van der Waals surface area (Å²) in [5, 5.41) is 6.48. The van der Waals surface area contributed by atoms with E-state index < -0.39 is 0 Å².